The van der Waals surface area contributed by atoms with Gasteiger partial charge >= 0.3 is 0 Å². The summed E-state index contributed by atoms with van der Waals surface area (Å²) >= 11 is 0. The van der Waals surface area contributed by atoms with Gasteiger partial charge in [-0.25, -0.2) is 5.10 Å². The fourth-order valence-electron chi connectivity index (χ4n) is 1.40. The number of hydrogen-bond donors (Lipinski definition) is 1. The zero-order valence-corrected chi connectivity index (χ0v) is 7.73. The van der Waals surface area contributed by atoms with Gasteiger partial charge in [-0.1, -0.05) is 0 Å². The second kappa shape index (κ2) is 4.23. The summed E-state index contributed by atoms with van der Waals surface area (Å²) in [7, 11) is 0. The maximum absolute atomic E-state index is 10.9. The van der Waals surface area contributed by atoms with Crippen LogP contribution in [0.2, 0.25) is 0 Å². The molecule has 1 aliphatic rings. The fourth-order valence-corrected chi connectivity index (χ4v) is 1.40. The van der Waals surface area contributed by atoms with Crippen LogP contribution in [-0.2, 0) is 4.74 Å². The minimum Gasteiger partial charge on any atom is -0.489 e. The molecular formula is C9H12N2O3. The lowest BCUT2D eigenvalue weighted by atomic mass is 10.2. The third-order valence-corrected chi connectivity index (χ3v) is 2.10. The molecule has 1 aromatic heterocycles. The maximum atomic E-state index is 10.9. The topological polar surface area (TPSA) is 64.2 Å². The van der Waals surface area contributed by atoms with E-state index < -0.39 is 0 Å². The molecule has 0 bridgehead atoms. The van der Waals surface area contributed by atoms with Gasteiger partial charge in [0.15, 0.2) is 0 Å². The van der Waals surface area contributed by atoms with E-state index in [1.54, 1.807) is 0 Å². The Kier molecular flexibility index (Phi) is 2.78. The van der Waals surface area contributed by atoms with E-state index in [9.17, 15) is 4.79 Å². The molecule has 76 valence electrons. The van der Waals surface area contributed by atoms with Crippen LogP contribution in [0.5, 0.6) is 5.75 Å². The third kappa shape index (κ3) is 2.32. The van der Waals surface area contributed by atoms with Crippen molar-refractivity contribution in [3.8, 4) is 5.75 Å². The van der Waals surface area contributed by atoms with Gasteiger partial charge in [-0.3, -0.25) is 4.79 Å². The van der Waals surface area contributed by atoms with E-state index in [0.717, 1.165) is 19.4 Å². The Bertz CT molecular complexity index is 344. The average Bonchev–Trinajstić information content (AvgIpc) is 2.67. The summed E-state index contributed by atoms with van der Waals surface area (Å²) in [6.45, 7) is 1.30. The van der Waals surface area contributed by atoms with Gasteiger partial charge in [-0.15, -0.1) is 0 Å². The summed E-state index contributed by atoms with van der Waals surface area (Å²) in [5.41, 5.74) is -0.255. The van der Waals surface area contributed by atoms with Gasteiger partial charge in [-0.05, 0) is 12.8 Å². The van der Waals surface area contributed by atoms with Crippen molar-refractivity contribution in [1.29, 1.82) is 0 Å². The molecular weight excluding hydrogens is 184 g/mol. The third-order valence-electron chi connectivity index (χ3n) is 2.10. The van der Waals surface area contributed by atoms with Crippen molar-refractivity contribution in [1.82, 2.24) is 10.2 Å². The Morgan fingerprint density at radius 1 is 1.71 bits per heavy atom. The van der Waals surface area contributed by atoms with Gasteiger partial charge in [-0.2, -0.15) is 5.10 Å². The van der Waals surface area contributed by atoms with Crippen molar-refractivity contribution in [3.63, 3.8) is 0 Å². The number of aromatic amines is 1. The number of H-pyrrole nitrogens is 1. The van der Waals surface area contributed by atoms with Gasteiger partial charge in [0.2, 0.25) is 0 Å². The smallest absolute Gasteiger partial charge is 0.267 e. The van der Waals surface area contributed by atoms with Crippen LogP contribution in [0, 0.1) is 0 Å². The van der Waals surface area contributed by atoms with E-state index in [0.29, 0.717) is 12.4 Å². The van der Waals surface area contributed by atoms with Crippen molar-refractivity contribution in [2.24, 2.45) is 0 Å². The summed E-state index contributed by atoms with van der Waals surface area (Å²) in [4.78, 5) is 10.9. The first-order valence-electron chi connectivity index (χ1n) is 4.64. The number of rotatable bonds is 3. The molecule has 1 saturated heterocycles. The average molecular weight is 196 g/mol. The molecule has 0 aromatic carbocycles. The van der Waals surface area contributed by atoms with Crippen molar-refractivity contribution < 1.29 is 9.47 Å². The Labute approximate surface area is 81.0 Å². The predicted molar refractivity (Wildman–Crippen MR) is 49.3 cm³/mol. The summed E-state index contributed by atoms with van der Waals surface area (Å²) in [5, 5.41) is 5.91. The Morgan fingerprint density at radius 3 is 3.36 bits per heavy atom. The van der Waals surface area contributed by atoms with Crippen LogP contribution in [0.3, 0.4) is 0 Å². The summed E-state index contributed by atoms with van der Waals surface area (Å²) in [6, 6.07) is 1.38. The molecule has 5 heteroatoms. The fraction of sp³-hybridized carbons (Fsp3) is 0.556. The van der Waals surface area contributed by atoms with Crippen LogP contribution >= 0.6 is 0 Å². The van der Waals surface area contributed by atoms with E-state index in [1.165, 1.54) is 12.3 Å². The number of aromatic nitrogens is 2. The maximum Gasteiger partial charge on any atom is 0.267 e. The molecule has 1 unspecified atom stereocenters. The molecule has 0 aliphatic carbocycles. The Morgan fingerprint density at radius 2 is 2.64 bits per heavy atom. The van der Waals surface area contributed by atoms with Crippen LogP contribution in [0.25, 0.3) is 0 Å². The number of hydrogen-bond acceptors (Lipinski definition) is 4. The minimum absolute atomic E-state index is 0.161. The zero-order valence-electron chi connectivity index (χ0n) is 7.73. The van der Waals surface area contributed by atoms with Gasteiger partial charge < -0.3 is 9.47 Å². The highest BCUT2D eigenvalue weighted by Crippen LogP contribution is 2.13. The van der Waals surface area contributed by atoms with E-state index in [1.807, 2.05) is 0 Å². The molecule has 2 rings (SSSR count). The van der Waals surface area contributed by atoms with E-state index >= 15 is 0 Å². The van der Waals surface area contributed by atoms with Crippen molar-refractivity contribution in [2.45, 2.75) is 18.9 Å². The number of nitrogens with one attached hydrogen (secondary N) is 1. The summed E-state index contributed by atoms with van der Waals surface area (Å²) in [5.74, 6) is 0.490. The first kappa shape index (κ1) is 9.21. The largest absolute Gasteiger partial charge is 0.489 e. The normalized spacial score (nSPS) is 21.0. The lowest BCUT2D eigenvalue weighted by molar-refractivity contribution is 0.0677. The Balaban J connectivity index is 1.88. The molecule has 1 atom stereocenters. The van der Waals surface area contributed by atoms with Gasteiger partial charge in [0, 0.05) is 12.7 Å². The van der Waals surface area contributed by atoms with Crippen molar-refractivity contribution in [3.05, 3.63) is 22.6 Å². The Hall–Kier alpha value is -1.36. The van der Waals surface area contributed by atoms with Crippen LogP contribution < -0.4 is 10.3 Å². The van der Waals surface area contributed by atoms with Crippen LogP contribution in [0.15, 0.2) is 17.1 Å². The monoisotopic (exact) mass is 196 g/mol. The second-order valence-electron chi connectivity index (χ2n) is 3.23. The van der Waals surface area contributed by atoms with Crippen LogP contribution in [0.4, 0.5) is 0 Å². The molecule has 14 heavy (non-hydrogen) atoms. The second-order valence-corrected chi connectivity index (χ2v) is 3.23. The first-order valence-corrected chi connectivity index (χ1v) is 4.64. The number of ether oxygens (including phenoxy) is 2. The standard InChI is InChI=1S/C9H12N2O3/c12-9-4-8(5-10-11-9)14-6-7-2-1-3-13-7/h4-5,7H,1-3,6H2,(H,11,12). The van der Waals surface area contributed by atoms with Gasteiger partial charge in [0.05, 0.1) is 12.3 Å². The molecule has 0 radical (unpaired) electrons. The van der Waals surface area contributed by atoms with E-state index in [4.69, 9.17) is 9.47 Å². The molecule has 2 heterocycles. The quantitative estimate of drug-likeness (QED) is 0.756. The number of nitrogens with zero attached hydrogens (tertiary/aromatic N) is 1. The zero-order chi connectivity index (χ0) is 9.80. The lowest BCUT2D eigenvalue weighted by Crippen LogP contribution is -2.17. The van der Waals surface area contributed by atoms with Crippen molar-refractivity contribution >= 4 is 0 Å². The van der Waals surface area contributed by atoms with Crippen molar-refractivity contribution in [2.75, 3.05) is 13.2 Å². The molecule has 0 spiro atoms. The molecule has 1 aromatic rings. The summed E-state index contributed by atoms with van der Waals surface area (Å²) in [6.07, 6.45) is 3.75. The minimum atomic E-state index is -0.255. The van der Waals surface area contributed by atoms with Crippen LogP contribution in [-0.4, -0.2) is 29.5 Å². The van der Waals surface area contributed by atoms with E-state index in [-0.39, 0.29) is 11.7 Å². The molecule has 0 amide bonds. The first-order chi connectivity index (χ1) is 6.84. The van der Waals surface area contributed by atoms with Crippen LogP contribution in [0.1, 0.15) is 12.8 Å². The SMILES string of the molecule is O=c1cc(OCC2CCCO2)cn[nH]1. The lowest BCUT2D eigenvalue weighted by Gasteiger charge is -2.10. The molecule has 0 saturated carbocycles. The molecule has 1 aliphatic heterocycles. The highest BCUT2D eigenvalue weighted by atomic mass is 16.5. The highest BCUT2D eigenvalue weighted by Gasteiger charge is 2.15. The molecule has 1 N–H and O–H groups in total. The summed E-state index contributed by atoms with van der Waals surface area (Å²) < 4.78 is 10.7. The van der Waals surface area contributed by atoms with E-state index in [2.05, 4.69) is 10.2 Å². The highest BCUT2D eigenvalue weighted by molar-refractivity contribution is 5.12. The van der Waals surface area contributed by atoms with Gasteiger partial charge in [0.1, 0.15) is 12.4 Å². The van der Waals surface area contributed by atoms with Gasteiger partial charge in [0.25, 0.3) is 5.56 Å². The predicted octanol–water partition coefficient (Wildman–Crippen LogP) is 0.328. The molecule has 1 fully saturated rings. The molecule has 5 nitrogen and oxygen atoms in total.